The van der Waals surface area contributed by atoms with Crippen LogP contribution in [-0.2, 0) is 12.0 Å². The average molecular weight is 443 g/mol. The summed E-state index contributed by atoms with van der Waals surface area (Å²) in [5.74, 6) is 2.40. The van der Waals surface area contributed by atoms with Crippen molar-refractivity contribution in [3.05, 3.63) is 71.6 Å². The summed E-state index contributed by atoms with van der Waals surface area (Å²) in [7, 11) is 1.63. The topological polar surface area (TPSA) is 70.7 Å². The van der Waals surface area contributed by atoms with Crippen molar-refractivity contribution in [2.45, 2.75) is 58.4 Å². The molecule has 0 saturated heterocycles. The summed E-state index contributed by atoms with van der Waals surface area (Å²) >= 11 is 0. The van der Waals surface area contributed by atoms with Gasteiger partial charge in [-0.05, 0) is 48.4 Å². The van der Waals surface area contributed by atoms with Gasteiger partial charge in [-0.15, -0.1) is 5.10 Å². The van der Waals surface area contributed by atoms with E-state index in [0.717, 1.165) is 36.6 Å². The van der Waals surface area contributed by atoms with Crippen molar-refractivity contribution >= 4 is 0 Å². The highest BCUT2D eigenvalue weighted by atomic mass is 16.5. The Balaban J connectivity index is 1.48. The molecule has 0 radical (unpaired) electrons. The van der Waals surface area contributed by atoms with Crippen molar-refractivity contribution in [3.8, 4) is 23.1 Å². The van der Waals surface area contributed by atoms with Crippen LogP contribution in [0.15, 0.2) is 48.9 Å². The molecule has 0 fully saturated rings. The zero-order chi connectivity index (χ0) is 23.2. The summed E-state index contributed by atoms with van der Waals surface area (Å²) in [5, 5.41) is 4.80. The van der Waals surface area contributed by atoms with E-state index in [4.69, 9.17) is 19.8 Å². The van der Waals surface area contributed by atoms with Crippen molar-refractivity contribution in [3.63, 3.8) is 0 Å². The van der Waals surface area contributed by atoms with E-state index < -0.39 is 0 Å². The quantitative estimate of drug-likeness (QED) is 0.441. The molecule has 0 N–H and O–H groups in total. The lowest BCUT2D eigenvalue weighted by atomic mass is 9.84. The number of fused-ring (bicyclic) bond motifs is 1. The van der Waals surface area contributed by atoms with Gasteiger partial charge in [0, 0.05) is 18.7 Å². The Morgan fingerprint density at radius 3 is 2.48 bits per heavy atom. The zero-order valence-corrected chi connectivity index (χ0v) is 19.9. The number of pyridine rings is 1. The lowest BCUT2D eigenvalue weighted by Gasteiger charge is -2.24. The number of methoxy groups -OCH3 is 1. The lowest BCUT2D eigenvalue weighted by molar-refractivity contribution is 0.396. The van der Waals surface area contributed by atoms with Crippen LogP contribution in [0.2, 0.25) is 0 Å². The third-order valence-electron chi connectivity index (χ3n) is 6.31. The van der Waals surface area contributed by atoms with Crippen LogP contribution in [0.4, 0.5) is 0 Å². The summed E-state index contributed by atoms with van der Waals surface area (Å²) in [6.45, 7) is 9.56. The van der Waals surface area contributed by atoms with E-state index in [9.17, 15) is 0 Å². The van der Waals surface area contributed by atoms with Crippen LogP contribution < -0.4 is 4.74 Å². The van der Waals surface area contributed by atoms with Gasteiger partial charge in [0.05, 0.1) is 19.1 Å². The van der Waals surface area contributed by atoms with Gasteiger partial charge in [0.25, 0.3) is 0 Å². The Hall–Kier alpha value is -3.48. The molecule has 1 aliphatic heterocycles. The first-order valence-corrected chi connectivity index (χ1v) is 11.4. The van der Waals surface area contributed by atoms with Gasteiger partial charge in [-0.2, -0.15) is 0 Å². The standard InChI is InChI=1S/C26H30N6O/c1-17-15-31(16-27-17)22-13-12-21(28-25(22)33-5)23-29-24-20(7-6-14-32(24)30-23)18-8-10-19(11-9-18)26(2,3)4/h8-13,15-16,20H,6-7,14H2,1-5H3/t20-/m0/s1. The normalized spacial score (nSPS) is 16.0. The molecule has 1 atom stereocenters. The van der Waals surface area contributed by atoms with Crippen LogP contribution in [0.1, 0.15) is 62.2 Å². The first kappa shape index (κ1) is 21.4. The van der Waals surface area contributed by atoms with Crippen molar-refractivity contribution < 1.29 is 4.74 Å². The summed E-state index contributed by atoms with van der Waals surface area (Å²) in [4.78, 5) is 14.0. The molecule has 7 nitrogen and oxygen atoms in total. The molecule has 0 saturated carbocycles. The first-order chi connectivity index (χ1) is 15.8. The first-order valence-electron chi connectivity index (χ1n) is 11.4. The molecule has 7 heteroatoms. The summed E-state index contributed by atoms with van der Waals surface area (Å²) in [5.41, 5.74) is 5.25. The molecule has 4 heterocycles. The van der Waals surface area contributed by atoms with Crippen LogP contribution in [0.3, 0.4) is 0 Å². The van der Waals surface area contributed by atoms with Crippen LogP contribution in [0.25, 0.3) is 17.2 Å². The van der Waals surface area contributed by atoms with E-state index in [-0.39, 0.29) is 11.3 Å². The van der Waals surface area contributed by atoms with Gasteiger partial charge in [0.1, 0.15) is 17.2 Å². The molecule has 5 rings (SSSR count). The monoisotopic (exact) mass is 442 g/mol. The number of ether oxygens (including phenoxy) is 1. The minimum Gasteiger partial charge on any atom is -0.479 e. The molecule has 0 spiro atoms. The molecule has 4 aromatic rings. The highest BCUT2D eigenvalue weighted by Gasteiger charge is 2.27. The molecule has 170 valence electrons. The summed E-state index contributed by atoms with van der Waals surface area (Å²) in [6, 6.07) is 12.9. The van der Waals surface area contributed by atoms with Gasteiger partial charge in [-0.25, -0.2) is 19.6 Å². The second-order valence-electron chi connectivity index (χ2n) is 9.73. The van der Waals surface area contributed by atoms with E-state index in [1.807, 2.05) is 34.5 Å². The molecule has 0 aliphatic carbocycles. The number of imidazole rings is 1. The number of benzene rings is 1. The number of aromatic nitrogens is 6. The zero-order valence-electron chi connectivity index (χ0n) is 19.9. The third kappa shape index (κ3) is 4.03. The number of hydrogen-bond acceptors (Lipinski definition) is 5. The Morgan fingerprint density at radius 1 is 1.03 bits per heavy atom. The Morgan fingerprint density at radius 2 is 1.82 bits per heavy atom. The van der Waals surface area contributed by atoms with Crippen molar-refractivity contribution in [2.24, 2.45) is 0 Å². The lowest BCUT2D eigenvalue weighted by Crippen LogP contribution is -2.18. The fourth-order valence-electron chi connectivity index (χ4n) is 4.45. The number of hydrogen-bond donors (Lipinski definition) is 0. The maximum absolute atomic E-state index is 5.58. The van der Waals surface area contributed by atoms with Crippen LogP contribution in [0.5, 0.6) is 5.88 Å². The van der Waals surface area contributed by atoms with E-state index >= 15 is 0 Å². The van der Waals surface area contributed by atoms with Gasteiger partial charge in [0.2, 0.25) is 5.88 Å². The second-order valence-corrected chi connectivity index (χ2v) is 9.73. The minimum absolute atomic E-state index is 0.143. The van der Waals surface area contributed by atoms with Crippen molar-refractivity contribution in [1.82, 2.24) is 29.3 Å². The molecule has 1 aromatic carbocycles. The summed E-state index contributed by atoms with van der Waals surface area (Å²) < 4.78 is 9.53. The minimum atomic E-state index is 0.143. The maximum atomic E-state index is 5.58. The van der Waals surface area contributed by atoms with Crippen molar-refractivity contribution in [1.29, 1.82) is 0 Å². The maximum Gasteiger partial charge on any atom is 0.238 e. The fraction of sp³-hybridized carbons (Fsp3) is 0.385. The van der Waals surface area contributed by atoms with Crippen molar-refractivity contribution in [2.75, 3.05) is 7.11 Å². The average Bonchev–Trinajstić information content (AvgIpc) is 3.44. The van der Waals surface area contributed by atoms with Crippen LogP contribution >= 0.6 is 0 Å². The Bertz CT molecular complexity index is 1280. The predicted octanol–water partition coefficient (Wildman–Crippen LogP) is 5.07. The van der Waals surface area contributed by atoms with E-state index in [1.54, 1.807) is 13.4 Å². The molecular formula is C26H30N6O. The number of nitrogens with zero attached hydrogens (tertiary/aromatic N) is 6. The van der Waals surface area contributed by atoms with Gasteiger partial charge in [-0.3, -0.25) is 0 Å². The number of aryl methyl sites for hydroxylation is 2. The SMILES string of the molecule is COc1nc(-c2nc3n(n2)CCC[C@H]3c2ccc(C(C)(C)C)cc2)ccc1-n1cnc(C)c1. The second kappa shape index (κ2) is 8.14. The smallest absolute Gasteiger partial charge is 0.238 e. The Kier molecular flexibility index (Phi) is 5.27. The summed E-state index contributed by atoms with van der Waals surface area (Å²) in [6.07, 6.45) is 5.86. The molecule has 1 aliphatic rings. The molecular weight excluding hydrogens is 412 g/mol. The third-order valence-corrected chi connectivity index (χ3v) is 6.31. The Labute approximate surface area is 194 Å². The highest BCUT2D eigenvalue weighted by Crippen LogP contribution is 2.35. The van der Waals surface area contributed by atoms with E-state index in [2.05, 4.69) is 50.0 Å². The molecule has 33 heavy (non-hydrogen) atoms. The predicted molar refractivity (Wildman–Crippen MR) is 128 cm³/mol. The highest BCUT2D eigenvalue weighted by molar-refractivity contribution is 5.55. The molecule has 0 bridgehead atoms. The van der Waals surface area contributed by atoms with Gasteiger partial charge in [-0.1, -0.05) is 45.0 Å². The van der Waals surface area contributed by atoms with E-state index in [1.165, 1.54) is 11.1 Å². The van der Waals surface area contributed by atoms with Gasteiger partial charge >= 0.3 is 0 Å². The van der Waals surface area contributed by atoms with Gasteiger partial charge in [0.15, 0.2) is 5.82 Å². The van der Waals surface area contributed by atoms with Crippen LogP contribution in [-0.4, -0.2) is 36.4 Å². The molecule has 0 unspecified atom stereocenters. The van der Waals surface area contributed by atoms with Crippen LogP contribution in [0, 0.1) is 6.92 Å². The number of rotatable bonds is 4. The van der Waals surface area contributed by atoms with E-state index in [0.29, 0.717) is 17.4 Å². The largest absolute Gasteiger partial charge is 0.479 e. The fourth-order valence-corrected chi connectivity index (χ4v) is 4.45. The molecule has 3 aromatic heterocycles. The van der Waals surface area contributed by atoms with Gasteiger partial charge < -0.3 is 9.30 Å². The molecule has 0 amide bonds.